The fourth-order valence-electron chi connectivity index (χ4n) is 2.37. The maximum Gasteiger partial charge on any atom is 0.161 e. The first-order valence-electron chi connectivity index (χ1n) is 6.97. The van der Waals surface area contributed by atoms with E-state index in [9.17, 15) is 8.78 Å². The van der Waals surface area contributed by atoms with Crippen LogP contribution in [0.5, 0.6) is 0 Å². The Morgan fingerprint density at radius 1 is 1.05 bits per heavy atom. The van der Waals surface area contributed by atoms with Crippen LogP contribution in [-0.4, -0.2) is 16.1 Å². The van der Waals surface area contributed by atoms with Crippen LogP contribution in [0.15, 0.2) is 42.5 Å². The van der Waals surface area contributed by atoms with Gasteiger partial charge in [0, 0.05) is 25.2 Å². The van der Waals surface area contributed by atoms with E-state index in [-0.39, 0.29) is 0 Å². The van der Waals surface area contributed by atoms with Crippen molar-refractivity contribution in [2.75, 3.05) is 6.54 Å². The Bertz CT molecular complexity index is 823. The summed E-state index contributed by atoms with van der Waals surface area (Å²) in [5.41, 5.74) is 7.59. The maximum atomic E-state index is 13.5. The molecule has 1 heterocycles. The second kappa shape index (κ2) is 6.07. The number of aromatic nitrogens is 2. The van der Waals surface area contributed by atoms with Crippen LogP contribution < -0.4 is 5.73 Å². The van der Waals surface area contributed by atoms with E-state index >= 15 is 0 Å². The summed E-state index contributed by atoms with van der Waals surface area (Å²) in [6, 6.07) is 12.0. The fraction of sp³-hybridized carbons (Fsp3) is 0.118. The van der Waals surface area contributed by atoms with Crippen LogP contribution in [0.4, 0.5) is 8.78 Å². The van der Waals surface area contributed by atoms with E-state index in [1.54, 1.807) is 4.57 Å². The summed E-state index contributed by atoms with van der Waals surface area (Å²) in [4.78, 5) is 4.36. The molecule has 0 aliphatic rings. The molecule has 3 rings (SSSR count). The van der Waals surface area contributed by atoms with Gasteiger partial charge in [-0.3, -0.25) is 0 Å². The highest BCUT2D eigenvalue weighted by Gasteiger charge is 2.12. The van der Waals surface area contributed by atoms with E-state index in [1.807, 2.05) is 42.5 Å². The van der Waals surface area contributed by atoms with Gasteiger partial charge in [-0.1, -0.05) is 36.4 Å². The molecule has 0 aliphatic heterocycles. The lowest BCUT2D eigenvalue weighted by Gasteiger charge is -2.05. The highest BCUT2D eigenvalue weighted by atomic mass is 19.2. The molecule has 2 N–H and O–H groups in total. The van der Waals surface area contributed by atoms with E-state index in [4.69, 9.17) is 5.73 Å². The number of halogens is 2. The number of benzene rings is 2. The van der Waals surface area contributed by atoms with E-state index in [2.05, 4.69) is 4.98 Å². The number of nitrogens with zero attached hydrogens (tertiary/aromatic N) is 2. The third-order valence-electron chi connectivity index (χ3n) is 3.40. The largest absolute Gasteiger partial charge is 0.329 e. The number of rotatable bonds is 4. The summed E-state index contributed by atoms with van der Waals surface area (Å²) in [5, 5.41) is 0. The van der Waals surface area contributed by atoms with Gasteiger partial charge in [0.1, 0.15) is 5.82 Å². The standard InChI is InChI=1S/C17H15F2N3/c18-13-10-15-16(11-14(13)19)22(9-8-20)17(21-15)7-6-12-4-2-1-3-5-12/h1-7,10-11H,8-9,20H2/b7-6+. The lowest BCUT2D eigenvalue weighted by molar-refractivity contribution is 0.510. The molecule has 0 amide bonds. The lowest BCUT2D eigenvalue weighted by atomic mass is 10.2. The molecule has 0 radical (unpaired) electrons. The molecular weight excluding hydrogens is 284 g/mol. The molecule has 0 fully saturated rings. The summed E-state index contributed by atoms with van der Waals surface area (Å²) < 4.78 is 28.6. The molecule has 0 aliphatic carbocycles. The second-order valence-electron chi connectivity index (χ2n) is 4.91. The minimum Gasteiger partial charge on any atom is -0.329 e. The average Bonchev–Trinajstić information content (AvgIpc) is 2.84. The zero-order valence-electron chi connectivity index (χ0n) is 11.8. The predicted molar refractivity (Wildman–Crippen MR) is 84.1 cm³/mol. The van der Waals surface area contributed by atoms with Crippen molar-refractivity contribution in [2.45, 2.75) is 6.54 Å². The first kappa shape index (κ1) is 14.4. The monoisotopic (exact) mass is 299 g/mol. The molecule has 0 bridgehead atoms. The van der Waals surface area contributed by atoms with Crippen LogP contribution in [0.1, 0.15) is 11.4 Å². The van der Waals surface area contributed by atoms with E-state index in [1.165, 1.54) is 0 Å². The number of imidazole rings is 1. The van der Waals surface area contributed by atoms with Gasteiger partial charge < -0.3 is 10.3 Å². The summed E-state index contributed by atoms with van der Waals surface area (Å²) in [6.07, 6.45) is 3.72. The Labute approximate surface area is 126 Å². The molecule has 112 valence electrons. The van der Waals surface area contributed by atoms with Crippen molar-refractivity contribution in [3.63, 3.8) is 0 Å². The molecule has 2 aromatic carbocycles. The third-order valence-corrected chi connectivity index (χ3v) is 3.40. The fourth-order valence-corrected chi connectivity index (χ4v) is 2.37. The molecule has 0 atom stereocenters. The molecule has 0 spiro atoms. The summed E-state index contributed by atoms with van der Waals surface area (Å²) in [7, 11) is 0. The summed E-state index contributed by atoms with van der Waals surface area (Å²) in [5.74, 6) is -1.16. The highest BCUT2D eigenvalue weighted by Crippen LogP contribution is 2.21. The van der Waals surface area contributed by atoms with Gasteiger partial charge in [0.15, 0.2) is 11.6 Å². The summed E-state index contributed by atoms with van der Waals surface area (Å²) >= 11 is 0. The normalized spacial score (nSPS) is 11.6. The van der Waals surface area contributed by atoms with Gasteiger partial charge in [-0.25, -0.2) is 13.8 Å². The number of fused-ring (bicyclic) bond motifs is 1. The predicted octanol–water partition coefficient (Wildman–Crippen LogP) is 3.44. The molecule has 22 heavy (non-hydrogen) atoms. The minimum atomic E-state index is -0.900. The van der Waals surface area contributed by atoms with Crippen LogP contribution in [0.2, 0.25) is 0 Å². The van der Waals surface area contributed by atoms with Gasteiger partial charge >= 0.3 is 0 Å². The Kier molecular flexibility index (Phi) is 3.98. The van der Waals surface area contributed by atoms with Crippen molar-refractivity contribution in [3.8, 4) is 0 Å². The van der Waals surface area contributed by atoms with Crippen molar-refractivity contribution in [1.82, 2.24) is 9.55 Å². The number of nitrogens with two attached hydrogens (primary N) is 1. The Balaban J connectivity index is 2.08. The number of hydrogen-bond donors (Lipinski definition) is 1. The van der Waals surface area contributed by atoms with Crippen molar-refractivity contribution < 1.29 is 8.78 Å². The molecule has 3 nitrogen and oxygen atoms in total. The molecule has 1 aromatic heterocycles. The topological polar surface area (TPSA) is 43.8 Å². The maximum absolute atomic E-state index is 13.5. The molecule has 0 unspecified atom stereocenters. The van der Waals surface area contributed by atoms with E-state index < -0.39 is 11.6 Å². The first-order valence-corrected chi connectivity index (χ1v) is 6.97. The average molecular weight is 299 g/mol. The Morgan fingerprint density at radius 2 is 1.77 bits per heavy atom. The van der Waals surface area contributed by atoms with Crippen LogP contribution in [0, 0.1) is 11.6 Å². The van der Waals surface area contributed by atoms with Gasteiger partial charge in [-0.05, 0) is 11.6 Å². The van der Waals surface area contributed by atoms with Crippen molar-refractivity contribution in [2.24, 2.45) is 5.73 Å². The Hall–Kier alpha value is -2.53. The van der Waals surface area contributed by atoms with Gasteiger partial charge in [-0.15, -0.1) is 0 Å². The lowest BCUT2D eigenvalue weighted by Crippen LogP contribution is -2.11. The van der Waals surface area contributed by atoms with E-state index in [0.29, 0.717) is 29.9 Å². The van der Waals surface area contributed by atoms with Gasteiger partial charge in [-0.2, -0.15) is 0 Å². The minimum absolute atomic E-state index is 0.386. The smallest absolute Gasteiger partial charge is 0.161 e. The molecular formula is C17H15F2N3. The van der Waals surface area contributed by atoms with Gasteiger partial charge in [0.2, 0.25) is 0 Å². The van der Waals surface area contributed by atoms with Crippen LogP contribution in [0.3, 0.4) is 0 Å². The highest BCUT2D eigenvalue weighted by molar-refractivity contribution is 5.80. The molecule has 0 saturated carbocycles. The van der Waals surface area contributed by atoms with Crippen LogP contribution in [-0.2, 0) is 6.54 Å². The SMILES string of the molecule is NCCn1c(/C=C/c2ccccc2)nc2cc(F)c(F)cc21. The van der Waals surface area contributed by atoms with Crippen molar-refractivity contribution in [3.05, 3.63) is 65.5 Å². The number of hydrogen-bond acceptors (Lipinski definition) is 2. The van der Waals surface area contributed by atoms with Gasteiger partial charge in [0.25, 0.3) is 0 Å². The van der Waals surface area contributed by atoms with Gasteiger partial charge in [0.05, 0.1) is 11.0 Å². The quantitative estimate of drug-likeness (QED) is 0.802. The zero-order valence-corrected chi connectivity index (χ0v) is 11.8. The van der Waals surface area contributed by atoms with E-state index in [0.717, 1.165) is 17.7 Å². The third kappa shape index (κ3) is 2.76. The molecule has 3 aromatic rings. The Morgan fingerprint density at radius 3 is 2.50 bits per heavy atom. The summed E-state index contributed by atoms with van der Waals surface area (Å²) in [6.45, 7) is 0.868. The van der Waals surface area contributed by atoms with Crippen LogP contribution in [0.25, 0.3) is 23.2 Å². The molecule has 5 heteroatoms. The van der Waals surface area contributed by atoms with Crippen molar-refractivity contribution in [1.29, 1.82) is 0 Å². The first-order chi connectivity index (χ1) is 10.7. The van der Waals surface area contributed by atoms with Crippen LogP contribution >= 0.6 is 0 Å². The van der Waals surface area contributed by atoms with Crippen molar-refractivity contribution >= 4 is 23.2 Å². The molecule has 0 saturated heterocycles. The zero-order chi connectivity index (χ0) is 15.5. The second-order valence-corrected chi connectivity index (χ2v) is 4.91.